The Hall–Kier alpha value is 0.688. The van der Waals surface area contributed by atoms with Crippen LogP contribution in [0.4, 0.5) is 0 Å². The fraction of sp³-hybridized carbons (Fsp3) is 0.714. The molecule has 0 bridgehead atoms. The van der Waals surface area contributed by atoms with E-state index in [0.29, 0.717) is 5.82 Å². The summed E-state index contributed by atoms with van der Waals surface area (Å²) in [5.41, 5.74) is 0. The molecule has 1 amide bonds. The van der Waals surface area contributed by atoms with Crippen molar-refractivity contribution in [2.75, 3.05) is 34.5 Å². The Labute approximate surface area is 165 Å². The van der Waals surface area contributed by atoms with Gasteiger partial charge in [0.05, 0.1) is 7.85 Å². The summed E-state index contributed by atoms with van der Waals surface area (Å²) in [6.07, 6.45) is 3.61. The quantitative estimate of drug-likeness (QED) is 0.433. The minimum atomic E-state index is -0.206. The molecule has 0 heterocycles. The van der Waals surface area contributed by atoms with Crippen LogP contribution in [0.3, 0.4) is 0 Å². The average molecular weight is 523 g/mol. The molecule has 22 heavy (non-hydrogen) atoms. The second-order valence-electron chi connectivity index (χ2n) is 3.93. The van der Waals surface area contributed by atoms with E-state index in [1.165, 1.54) is 20.0 Å². The number of nitrogens with one attached hydrogen (secondary N) is 1. The molecule has 1 aliphatic carbocycles. The maximum absolute atomic E-state index is 10.1. The molecule has 2 unspecified atom stereocenters. The van der Waals surface area contributed by atoms with Crippen LogP contribution in [-0.4, -0.2) is 53.4 Å². The molecule has 3 radical (unpaired) electrons. The smallest absolute Gasteiger partial charge is 0.506 e. The van der Waals surface area contributed by atoms with Crippen molar-refractivity contribution in [1.29, 1.82) is 0 Å². The summed E-state index contributed by atoms with van der Waals surface area (Å²) in [5, 5.41) is 9.15. The van der Waals surface area contributed by atoms with Crippen molar-refractivity contribution in [2.45, 2.75) is 25.1 Å². The number of methoxy groups -OCH3 is 2. The van der Waals surface area contributed by atoms with E-state index < -0.39 is 0 Å². The van der Waals surface area contributed by atoms with Gasteiger partial charge >= 0.3 is 21.1 Å². The molecule has 5 nitrogen and oxygen atoms in total. The fourth-order valence-electron chi connectivity index (χ4n) is 1.68. The summed E-state index contributed by atoms with van der Waals surface area (Å²) < 4.78 is 9.46. The number of aliphatic hydroxyl groups excluding tert-OH is 1. The van der Waals surface area contributed by atoms with Gasteiger partial charge in [-0.3, -0.25) is 11.8 Å². The van der Waals surface area contributed by atoms with E-state index in [0.717, 1.165) is 26.1 Å². The van der Waals surface area contributed by atoms with Gasteiger partial charge in [-0.05, 0) is 12.3 Å². The molecule has 8 heteroatoms. The van der Waals surface area contributed by atoms with Crippen molar-refractivity contribution in [3.63, 3.8) is 0 Å². The van der Waals surface area contributed by atoms with Crippen molar-refractivity contribution < 1.29 is 59.0 Å². The standard InChI is InChI=1S/C7H13BO.C4H8NO2.CH4O.2CH3.V.W/c1-9-5-6-2-3-7(8)4-6;1-5-4(6)3-7-2;1-2;;;;/h6-7H,2-5H2,1H3;1,3H2,2H3,(H,5,6);2H,1H3;2*1H3;;/q;-1;;2*-1;;+2. The number of carbonyl (C=O) groups excluding carboxylic acids is 1. The number of amides is 1. The molecule has 1 saturated carbocycles. The van der Waals surface area contributed by atoms with Crippen LogP contribution < -0.4 is 5.32 Å². The summed E-state index contributed by atoms with van der Waals surface area (Å²) in [5.74, 6) is 0.984. The van der Waals surface area contributed by atoms with Crippen LogP contribution in [0.1, 0.15) is 19.3 Å². The number of hydrogen-bond acceptors (Lipinski definition) is 4. The molecule has 1 aliphatic rings. The van der Waals surface area contributed by atoms with Crippen molar-refractivity contribution in [2.24, 2.45) is 5.92 Å². The fourth-order valence-corrected chi connectivity index (χ4v) is 1.68. The van der Waals surface area contributed by atoms with Crippen molar-refractivity contribution >= 4 is 13.8 Å². The predicted molar refractivity (Wildman–Crippen MR) is 85.1 cm³/mol. The number of carbonyl (C=O) groups is 1. The molecular weight excluding hydrogens is 492 g/mol. The largest absolute Gasteiger partial charge is 2.00 e. The van der Waals surface area contributed by atoms with Crippen molar-refractivity contribution in [3.8, 4) is 0 Å². The maximum atomic E-state index is 10.1. The summed E-state index contributed by atoms with van der Waals surface area (Å²) in [6.45, 7) is 0.983. The van der Waals surface area contributed by atoms with E-state index in [-0.39, 0.29) is 67.0 Å². The summed E-state index contributed by atoms with van der Waals surface area (Å²) in [6, 6.07) is 0. The van der Waals surface area contributed by atoms with Crippen molar-refractivity contribution in [1.82, 2.24) is 5.32 Å². The second-order valence-corrected chi connectivity index (χ2v) is 3.93. The Morgan fingerprint density at radius 1 is 1.27 bits per heavy atom. The van der Waals surface area contributed by atoms with Crippen molar-refractivity contribution in [3.05, 3.63) is 21.9 Å². The first kappa shape index (κ1) is 38.3. The molecule has 1 rings (SSSR count). The summed E-state index contributed by atoms with van der Waals surface area (Å²) in [7, 11) is 13.0. The predicted octanol–water partition coefficient (Wildman–Crippen LogP) is 1.43. The number of aliphatic hydroxyl groups is 1. The van der Waals surface area contributed by atoms with Gasteiger partial charge in [0.1, 0.15) is 6.61 Å². The summed E-state index contributed by atoms with van der Waals surface area (Å²) in [4.78, 5) is 10.1. The monoisotopic (exact) mass is 523 g/mol. The van der Waals surface area contributed by atoms with Crippen LogP contribution in [0.5, 0.6) is 0 Å². The van der Waals surface area contributed by atoms with Gasteiger partial charge in [-0.1, -0.05) is 18.7 Å². The van der Waals surface area contributed by atoms with E-state index in [4.69, 9.17) is 17.7 Å². The van der Waals surface area contributed by atoms with Gasteiger partial charge in [-0.15, -0.1) is 0 Å². The molecule has 2 atom stereocenters. The maximum Gasteiger partial charge on any atom is 2.00 e. The third-order valence-electron chi connectivity index (χ3n) is 2.46. The molecule has 0 aromatic rings. The van der Waals surface area contributed by atoms with Gasteiger partial charge < -0.3 is 34.8 Å². The zero-order valence-electron chi connectivity index (χ0n) is 14.5. The van der Waals surface area contributed by atoms with Crippen LogP contribution >= 0.6 is 0 Å². The molecule has 0 spiro atoms. The third kappa shape index (κ3) is 25.6. The van der Waals surface area contributed by atoms with Crippen LogP contribution in [-0.2, 0) is 53.9 Å². The van der Waals surface area contributed by atoms with E-state index in [1.54, 1.807) is 7.11 Å². The van der Waals surface area contributed by atoms with Gasteiger partial charge in [0, 0.05) is 46.5 Å². The Kier molecular flexibility index (Phi) is 51.7. The van der Waals surface area contributed by atoms with Crippen LogP contribution in [0.25, 0.3) is 0 Å². The third-order valence-corrected chi connectivity index (χ3v) is 2.46. The number of hydrogen-bond donors (Lipinski definition) is 2. The molecule has 0 aromatic carbocycles. The minimum absolute atomic E-state index is 0. The zero-order chi connectivity index (χ0) is 14.4. The van der Waals surface area contributed by atoms with Crippen LogP contribution in [0.15, 0.2) is 0 Å². The second kappa shape index (κ2) is 29.7. The Morgan fingerprint density at radius 2 is 1.77 bits per heavy atom. The Balaban J connectivity index is -0.0000000457. The van der Waals surface area contributed by atoms with Gasteiger partial charge in [0.15, 0.2) is 0 Å². The Bertz CT molecular complexity index is 204. The minimum Gasteiger partial charge on any atom is -0.506 e. The first-order valence-corrected chi connectivity index (χ1v) is 5.88. The zero-order valence-corrected chi connectivity index (χ0v) is 18.8. The Morgan fingerprint density at radius 3 is 2.00 bits per heavy atom. The first-order chi connectivity index (χ1) is 8.63. The first-order valence-electron chi connectivity index (χ1n) is 5.88. The summed E-state index contributed by atoms with van der Waals surface area (Å²) >= 11 is 0. The van der Waals surface area contributed by atoms with Gasteiger partial charge in [0.25, 0.3) is 0 Å². The molecule has 0 aromatic heterocycles. The molecule has 1 fully saturated rings. The van der Waals surface area contributed by atoms with Crippen LogP contribution in [0, 0.1) is 27.8 Å². The van der Waals surface area contributed by atoms with E-state index in [1.807, 2.05) is 0 Å². The van der Waals surface area contributed by atoms with E-state index >= 15 is 0 Å². The molecule has 0 saturated heterocycles. The van der Waals surface area contributed by atoms with Gasteiger partial charge in [-0.2, -0.15) is 0 Å². The van der Waals surface area contributed by atoms with Gasteiger partial charge in [0.2, 0.25) is 5.91 Å². The molecule has 2 N–H and O–H groups in total. The molecule has 0 aliphatic heterocycles. The molecular formula is C14H31BNO4VW-. The number of ether oxygens (including phenoxy) is 2. The van der Waals surface area contributed by atoms with Gasteiger partial charge in [-0.25, -0.2) is 0 Å². The average Bonchev–Trinajstić information content (AvgIpc) is 2.79. The van der Waals surface area contributed by atoms with Crippen LogP contribution in [0.2, 0.25) is 5.82 Å². The number of rotatable bonds is 4. The normalized spacial score (nSPS) is 17.3. The van der Waals surface area contributed by atoms with E-state index in [2.05, 4.69) is 17.1 Å². The molecule has 131 valence electrons. The topological polar surface area (TPSA) is 67.8 Å². The van der Waals surface area contributed by atoms with E-state index in [9.17, 15) is 4.79 Å². The SMILES string of the molecule is CO.[B]C1CCC(COC)C1.[CH2-]NC(=O)COC.[CH3-].[CH3-].[V].[W+2].